The lowest BCUT2D eigenvalue weighted by Gasteiger charge is -2.17. The van der Waals surface area contributed by atoms with Crippen LogP contribution in [0.5, 0.6) is 11.6 Å². The lowest BCUT2D eigenvalue weighted by atomic mass is 10.1. The van der Waals surface area contributed by atoms with Crippen LogP contribution in [0.2, 0.25) is 0 Å². The number of nitrogens with zero attached hydrogens (tertiary/aromatic N) is 1. The Kier molecular flexibility index (Phi) is 4.36. The molecule has 0 saturated carbocycles. The minimum Gasteiger partial charge on any atom is -0.439 e. The van der Waals surface area contributed by atoms with Gasteiger partial charge in [-0.05, 0) is 30.0 Å². The molecule has 0 fully saturated rings. The number of benzene rings is 1. The van der Waals surface area contributed by atoms with E-state index >= 15 is 0 Å². The van der Waals surface area contributed by atoms with E-state index in [1.54, 1.807) is 0 Å². The summed E-state index contributed by atoms with van der Waals surface area (Å²) in [5.41, 5.74) is -5.52. The maximum Gasteiger partial charge on any atom is 0.446 e. The van der Waals surface area contributed by atoms with Gasteiger partial charge in [-0.3, -0.25) is 0 Å². The summed E-state index contributed by atoms with van der Waals surface area (Å²) in [6.07, 6.45) is -3.39. The monoisotopic (exact) mass is 381 g/mol. The number of hydrogen-bond acceptors (Lipinski definition) is 4. The summed E-state index contributed by atoms with van der Waals surface area (Å²) >= 11 is -0.596. The largest absolute Gasteiger partial charge is 0.446 e. The fourth-order valence-corrected chi connectivity index (χ4v) is 3.25. The number of pyridine rings is 1. The van der Waals surface area contributed by atoms with Crippen molar-refractivity contribution in [3.05, 3.63) is 47.4 Å². The fraction of sp³-hybridized carbons (Fsp3) is 0.267. The van der Waals surface area contributed by atoms with Crippen LogP contribution in [0.3, 0.4) is 0 Å². The van der Waals surface area contributed by atoms with Crippen molar-refractivity contribution in [3.63, 3.8) is 0 Å². The Morgan fingerprint density at radius 3 is 2.56 bits per heavy atom. The molecule has 25 heavy (non-hydrogen) atoms. The molecule has 1 atom stereocenters. The molecule has 0 saturated heterocycles. The third-order valence-electron chi connectivity index (χ3n) is 3.49. The average Bonchev–Trinajstić information content (AvgIpc) is 2.72. The van der Waals surface area contributed by atoms with E-state index in [-0.39, 0.29) is 17.2 Å². The molecule has 1 aliphatic carbocycles. The molecule has 2 aromatic rings. The van der Waals surface area contributed by atoms with Gasteiger partial charge in [0.2, 0.25) is 11.8 Å². The van der Waals surface area contributed by atoms with E-state index in [0.29, 0.717) is 0 Å². The molecular weight excluding hydrogens is 372 g/mol. The van der Waals surface area contributed by atoms with Crippen molar-refractivity contribution in [2.24, 2.45) is 0 Å². The lowest BCUT2D eigenvalue weighted by molar-refractivity contribution is -0.0977. The van der Waals surface area contributed by atoms with Crippen LogP contribution in [0.15, 0.2) is 35.2 Å². The number of alkyl halides is 5. The second-order valence-corrected chi connectivity index (χ2v) is 6.35. The number of thioether (sulfide) groups is 1. The summed E-state index contributed by atoms with van der Waals surface area (Å²) in [7, 11) is 0. The molecule has 0 bridgehead atoms. The molecule has 0 radical (unpaired) electrons. The summed E-state index contributed by atoms with van der Waals surface area (Å²) < 4.78 is 83.9. The molecule has 1 aromatic heterocycles. The van der Waals surface area contributed by atoms with Gasteiger partial charge in [0.1, 0.15) is 11.9 Å². The molecule has 1 aliphatic rings. The second kappa shape index (κ2) is 6.10. The Hall–Kier alpha value is -1.94. The first-order chi connectivity index (χ1) is 11.6. The van der Waals surface area contributed by atoms with Gasteiger partial charge in [-0.1, -0.05) is 6.07 Å². The van der Waals surface area contributed by atoms with E-state index in [2.05, 4.69) is 4.98 Å². The van der Waals surface area contributed by atoms with Crippen molar-refractivity contribution in [3.8, 4) is 11.6 Å². The quantitative estimate of drug-likeness (QED) is 0.469. The molecule has 1 N–H and O–H groups in total. The number of halogens is 6. The van der Waals surface area contributed by atoms with Crippen LogP contribution < -0.4 is 4.74 Å². The summed E-state index contributed by atoms with van der Waals surface area (Å²) in [5.74, 6) is -4.97. The zero-order chi connectivity index (χ0) is 18.4. The van der Waals surface area contributed by atoms with Crippen molar-refractivity contribution in [2.75, 3.05) is 0 Å². The molecule has 0 amide bonds. The van der Waals surface area contributed by atoms with Crippen LogP contribution in [0.4, 0.5) is 26.3 Å². The fourth-order valence-electron chi connectivity index (χ4n) is 2.52. The van der Waals surface area contributed by atoms with Gasteiger partial charge in [-0.15, -0.1) is 0 Å². The van der Waals surface area contributed by atoms with E-state index < -0.39 is 52.1 Å². The van der Waals surface area contributed by atoms with Crippen LogP contribution in [0.1, 0.15) is 17.2 Å². The Bertz CT molecular complexity index is 811. The summed E-state index contributed by atoms with van der Waals surface area (Å²) in [6.45, 7) is 0. The Labute approximate surface area is 141 Å². The van der Waals surface area contributed by atoms with E-state index in [0.717, 1.165) is 18.2 Å². The maximum atomic E-state index is 13.9. The van der Waals surface area contributed by atoms with Crippen LogP contribution in [-0.4, -0.2) is 21.5 Å². The zero-order valence-corrected chi connectivity index (χ0v) is 13.0. The molecule has 3 rings (SSSR count). The molecule has 1 heterocycles. The van der Waals surface area contributed by atoms with Crippen molar-refractivity contribution in [2.45, 2.75) is 28.9 Å². The zero-order valence-electron chi connectivity index (χ0n) is 12.1. The first-order valence-electron chi connectivity index (χ1n) is 6.84. The minimum absolute atomic E-state index is 0.212. The molecule has 134 valence electrons. The predicted molar refractivity (Wildman–Crippen MR) is 76.2 cm³/mol. The lowest BCUT2D eigenvalue weighted by Crippen LogP contribution is -2.21. The topological polar surface area (TPSA) is 42.4 Å². The third kappa shape index (κ3) is 3.69. The average molecular weight is 381 g/mol. The van der Waals surface area contributed by atoms with Gasteiger partial charge in [-0.2, -0.15) is 22.5 Å². The Balaban J connectivity index is 2.05. The summed E-state index contributed by atoms with van der Waals surface area (Å²) in [6, 6.07) is 5.56. The molecule has 3 nitrogen and oxygen atoms in total. The Morgan fingerprint density at radius 1 is 1.20 bits per heavy atom. The molecule has 1 aromatic carbocycles. The van der Waals surface area contributed by atoms with Gasteiger partial charge >= 0.3 is 5.51 Å². The van der Waals surface area contributed by atoms with Crippen molar-refractivity contribution in [1.82, 2.24) is 4.98 Å². The SMILES string of the molecule is OC1c2c(SC(F)(F)F)ccc(Oc3cccc(F)n3)c2CC1(F)F. The number of hydrogen-bond donors (Lipinski definition) is 1. The molecule has 0 aliphatic heterocycles. The Morgan fingerprint density at radius 2 is 1.92 bits per heavy atom. The molecular formula is C15H9F6NO2S. The van der Waals surface area contributed by atoms with Crippen molar-refractivity contribution < 1.29 is 36.2 Å². The van der Waals surface area contributed by atoms with Gasteiger partial charge < -0.3 is 9.84 Å². The molecule has 1 unspecified atom stereocenters. The first-order valence-corrected chi connectivity index (χ1v) is 7.66. The normalized spacial score (nSPS) is 18.9. The van der Waals surface area contributed by atoms with Gasteiger partial charge in [-0.25, -0.2) is 8.78 Å². The van der Waals surface area contributed by atoms with Crippen LogP contribution in [0, 0.1) is 5.95 Å². The standard InChI is InChI=1S/C15H9F6NO2S/c16-10-2-1-3-11(22-10)24-8-4-5-9(25-15(19,20)21)12-7(8)6-14(17,18)13(12)23/h1-5,13,23H,6H2. The van der Waals surface area contributed by atoms with Gasteiger partial charge in [0.05, 0.1) is 0 Å². The van der Waals surface area contributed by atoms with Gasteiger partial charge in [0, 0.05) is 28.5 Å². The number of aliphatic hydroxyl groups excluding tert-OH is 1. The highest BCUT2D eigenvalue weighted by Crippen LogP contribution is 2.52. The van der Waals surface area contributed by atoms with E-state index in [9.17, 15) is 31.4 Å². The van der Waals surface area contributed by atoms with Gasteiger partial charge in [0.15, 0.2) is 0 Å². The molecule has 10 heteroatoms. The number of aromatic nitrogens is 1. The second-order valence-electron chi connectivity index (χ2n) is 5.24. The maximum absolute atomic E-state index is 13.9. The van der Waals surface area contributed by atoms with E-state index in [1.807, 2.05) is 0 Å². The number of rotatable bonds is 3. The smallest absolute Gasteiger partial charge is 0.439 e. The van der Waals surface area contributed by atoms with Crippen LogP contribution in [-0.2, 0) is 6.42 Å². The number of ether oxygens (including phenoxy) is 1. The third-order valence-corrected chi connectivity index (χ3v) is 4.30. The molecule has 0 spiro atoms. The van der Waals surface area contributed by atoms with Crippen LogP contribution >= 0.6 is 11.8 Å². The van der Waals surface area contributed by atoms with Crippen molar-refractivity contribution in [1.29, 1.82) is 0 Å². The summed E-state index contributed by atoms with van der Waals surface area (Å²) in [5, 5.41) is 9.76. The highest BCUT2D eigenvalue weighted by molar-refractivity contribution is 8.00. The number of aliphatic hydroxyl groups is 1. The first kappa shape index (κ1) is 17.9. The van der Waals surface area contributed by atoms with Crippen molar-refractivity contribution >= 4 is 11.8 Å². The van der Waals surface area contributed by atoms with E-state index in [1.165, 1.54) is 12.1 Å². The van der Waals surface area contributed by atoms with Crippen LogP contribution in [0.25, 0.3) is 0 Å². The minimum atomic E-state index is -4.71. The highest BCUT2D eigenvalue weighted by Gasteiger charge is 2.50. The van der Waals surface area contributed by atoms with E-state index in [4.69, 9.17) is 4.74 Å². The van der Waals surface area contributed by atoms with Gasteiger partial charge in [0.25, 0.3) is 5.92 Å². The number of fused-ring (bicyclic) bond motifs is 1. The highest BCUT2D eigenvalue weighted by atomic mass is 32.2. The predicted octanol–water partition coefficient (Wildman–Crippen LogP) is 4.85. The summed E-state index contributed by atoms with van der Waals surface area (Å²) in [4.78, 5) is 2.87.